The van der Waals surface area contributed by atoms with E-state index >= 15 is 0 Å². The van der Waals surface area contributed by atoms with Crippen LogP contribution in [-0.4, -0.2) is 10.7 Å². The second-order valence-corrected chi connectivity index (χ2v) is 4.10. The van der Waals surface area contributed by atoms with Crippen LogP contribution in [0.4, 0.5) is 0 Å². The number of rotatable bonds is 1. The summed E-state index contributed by atoms with van der Waals surface area (Å²) in [6, 6.07) is 0. The van der Waals surface area contributed by atoms with Gasteiger partial charge in [-0.25, -0.2) is 0 Å². The zero-order valence-corrected chi connectivity index (χ0v) is 8.22. The summed E-state index contributed by atoms with van der Waals surface area (Å²) in [6.07, 6.45) is 3.76. The van der Waals surface area contributed by atoms with Crippen LogP contribution in [0, 0.1) is 5.92 Å². The van der Waals surface area contributed by atoms with Crippen LogP contribution in [0.2, 0.25) is 0 Å². The highest BCUT2D eigenvalue weighted by molar-refractivity contribution is 5.26. The van der Waals surface area contributed by atoms with E-state index in [9.17, 15) is 5.11 Å². The average Bonchev–Trinajstić information content (AvgIpc) is 2.24. The van der Waals surface area contributed by atoms with E-state index in [2.05, 4.69) is 20.4 Å². The van der Waals surface area contributed by atoms with Gasteiger partial charge in [-0.05, 0) is 33.6 Å². The molecule has 0 aliphatic heterocycles. The van der Waals surface area contributed by atoms with E-state index in [1.54, 1.807) is 0 Å². The Hall–Kier alpha value is -0.560. The SMILES string of the molecule is C=CC1C(=C(C)C)CCC1(C)O. The van der Waals surface area contributed by atoms with Gasteiger partial charge in [0.15, 0.2) is 0 Å². The molecule has 0 radical (unpaired) electrons. The van der Waals surface area contributed by atoms with E-state index in [0.29, 0.717) is 0 Å². The molecule has 0 spiro atoms. The lowest BCUT2D eigenvalue weighted by Crippen LogP contribution is -2.27. The van der Waals surface area contributed by atoms with Crippen molar-refractivity contribution < 1.29 is 5.11 Å². The summed E-state index contributed by atoms with van der Waals surface area (Å²) in [5.74, 6) is 0.169. The van der Waals surface area contributed by atoms with E-state index in [4.69, 9.17) is 0 Å². The molecule has 1 fully saturated rings. The molecule has 1 aliphatic carbocycles. The van der Waals surface area contributed by atoms with Gasteiger partial charge in [-0.3, -0.25) is 0 Å². The number of hydrogen-bond donors (Lipinski definition) is 1. The lowest BCUT2D eigenvalue weighted by atomic mass is 9.89. The number of aliphatic hydroxyl groups is 1. The van der Waals surface area contributed by atoms with Crippen LogP contribution in [0.3, 0.4) is 0 Å². The smallest absolute Gasteiger partial charge is 0.0722 e. The quantitative estimate of drug-likeness (QED) is 0.594. The van der Waals surface area contributed by atoms with Crippen LogP contribution in [-0.2, 0) is 0 Å². The lowest BCUT2D eigenvalue weighted by Gasteiger charge is -2.23. The molecule has 0 heterocycles. The molecule has 1 aliphatic rings. The molecule has 0 saturated heterocycles. The molecule has 0 amide bonds. The highest BCUT2D eigenvalue weighted by Crippen LogP contribution is 2.41. The molecule has 1 nitrogen and oxygen atoms in total. The first-order valence-corrected chi connectivity index (χ1v) is 4.50. The first-order chi connectivity index (χ1) is 5.49. The van der Waals surface area contributed by atoms with E-state index in [0.717, 1.165) is 12.8 Å². The first kappa shape index (κ1) is 9.53. The summed E-state index contributed by atoms with van der Waals surface area (Å²) in [6.45, 7) is 9.88. The predicted molar refractivity (Wildman–Crippen MR) is 51.9 cm³/mol. The van der Waals surface area contributed by atoms with Crippen molar-refractivity contribution in [3.05, 3.63) is 23.8 Å². The minimum absolute atomic E-state index is 0.169. The van der Waals surface area contributed by atoms with Crippen molar-refractivity contribution >= 4 is 0 Å². The van der Waals surface area contributed by atoms with Crippen LogP contribution in [0.5, 0.6) is 0 Å². The van der Waals surface area contributed by atoms with Crippen molar-refractivity contribution in [1.82, 2.24) is 0 Å². The van der Waals surface area contributed by atoms with Crippen LogP contribution >= 0.6 is 0 Å². The minimum atomic E-state index is -0.561. The summed E-state index contributed by atoms with van der Waals surface area (Å²) in [7, 11) is 0. The zero-order chi connectivity index (χ0) is 9.35. The summed E-state index contributed by atoms with van der Waals surface area (Å²) >= 11 is 0. The van der Waals surface area contributed by atoms with E-state index in [1.165, 1.54) is 11.1 Å². The summed E-state index contributed by atoms with van der Waals surface area (Å²) in [5, 5.41) is 9.97. The van der Waals surface area contributed by atoms with Gasteiger partial charge in [0, 0.05) is 5.92 Å². The van der Waals surface area contributed by atoms with Crippen molar-refractivity contribution in [3.63, 3.8) is 0 Å². The molecule has 0 aromatic carbocycles. The van der Waals surface area contributed by atoms with E-state index in [1.807, 2.05) is 13.0 Å². The fourth-order valence-electron chi connectivity index (χ4n) is 2.03. The standard InChI is InChI=1S/C11H18O/c1-5-10-9(8(2)3)6-7-11(10,4)12/h5,10,12H,1,6-7H2,2-4H3. The lowest BCUT2D eigenvalue weighted by molar-refractivity contribution is 0.0446. The molecule has 1 N–H and O–H groups in total. The molecule has 1 rings (SSSR count). The Kier molecular flexibility index (Phi) is 2.43. The highest BCUT2D eigenvalue weighted by atomic mass is 16.3. The highest BCUT2D eigenvalue weighted by Gasteiger charge is 2.38. The molecule has 2 atom stereocenters. The number of hydrogen-bond acceptors (Lipinski definition) is 1. The fraction of sp³-hybridized carbons (Fsp3) is 0.636. The maximum atomic E-state index is 9.97. The van der Waals surface area contributed by atoms with Gasteiger partial charge in [-0.1, -0.05) is 17.2 Å². The van der Waals surface area contributed by atoms with Crippen molar-refractivity contribution in [1.29, 1.82) is 0 Å². The molecule has 1 saturated carbocycles. The number of allylic oxidation sites excluding steroid dienone is 1. The molecule has 1 heteroatoms. The molecule has 0 bridgehead atoms. The molecule has 12 heavy (non-hydrogen) atoms. The van der Waals surface area contributed by atoms with Gasteiger partial charge in [0.1, 0.15) is 0 Å². The summed E-state index contributed by atoms with van der Waals surface area (Å²) in [5.41, 5.74) is 2.14. The van der Waals surface area contributed by atoms with Crippen molar-refractivity contribution in [3.8, 4) is 0 Å². The molecule has 0 aromatic rings. The van der Waals surface area contributed by atoms with Gasteiger partial charge in [-0.15, -0.1) is 6.58 Å². The molecule has 68 valence electrons. The Bertz CT molecular complexity index is 219. The molecular formula is C11H18O. The van der Waals surface area contributed by atoms with Crippen molar-refractivity contribution in [2.45, 2.75) is 39.2 Å². The fourth-order valence-corrected chi connectivity index (χ4v) is 2.03. The van der Waals surface area contributed by atoms with Crippen LogP contribution < -0.4 is 0 Å². The van der Waals surface area contributed by atoms with Crippen molar-refractivity contribution in [2.24, 2.45) is 5.92 Å². The molecular weight excluding hydrogens is 148 g/mol. The monoisotopic (exact) mass is 166 g/mol. The first-order valence-electron chi connectivity index (χ1n) is 4.50. The van der Waals surface area contributed by atoms with Gasteiger partial charge in [0.2, 0.25) is 0 Å². The van der Waals surface area contributed by atoms with Crippen LogP contribution in [0.25, 0.3) is 0 Å². The molecule has 0 aromatic heterocycles. The van der Waals surface area contributed by atoms with Crippen LogP contribution in [0.1, 0.15) is 33.6 Å². The van der Waals surface area contributed by atoms with E-state index in [-0.39, 0.29) is 5.92 Å². The van der Waals surface area contributed by atoms with Gasteiger partial charge < -0.3 is 5.11 Å². The zero-order valence-electron chi connectivity index (χ0n) is 8.22. The third-order valence-corrected chi connectivity index (χ3v) is 2.82. The third-order valence-electron chi connectivity index (χ3n) is 2.82. The summed E-state index contributed by atoms with van der Waals surface area (Å²) < 4.78 is 0. The van der Waals surface area contributed by atoms with Gasteiger partial charge in [-0.2, -0.15) is 0 Å². The van der Waals surface area contributed by atoms with Crippen LogP contribution in [0.15, 0.2) is 23.8 Å². The second-order valence-electron chi connectivity index (χ2n) is 4.10. The van der Waals surface area contributed by atoms with E-state index < -0.39 is 5.60 Å². The van der Waals surface area contributed by atoms with Gasteiger partial charge in [0.25, 0.3) is 0 Å². The normalized spacial score (nSPS) is 35.3. The predicted octanol–water partition coefficient (Wildman–Crippen LogP) is 2.67. The molecule has 2 unspecified atom stereocenters. The van der Waals surface area contributed by atoms with Gasteiger partial charge >= 0.3 is 0 Å². The largest absolute Gasteiger partial charge is 0.389 e. The third kappa shape index (κ3) is 1.46. The average molecular weight is 166 g/mol. The van der Waals surface area contributed by atoms with Crippen molar-refractivity contribution in [2.75, 3.05) is 0 Å². The topological polar surface area (TPSA) is 20.2 Å². The maximum Gasteiger partial charge on any atom is 0.0722 e. The Labute approximate surface area is 74.8 Å². The Morgan fingerprint density at radius 1 is 1.67 bits per heavy atom. The Morgan fingerprint density at radius 2 is 2.25 bits per heavy atom. The van der Waals surface area contributed by atoms with Gasteiger partial charge in [0.05, 0.1) is 5.60 Å². The Balaban J connectivity index is 2.99. The summed E-state index contributed by atoms with van der Waals surface area (Å²) in [4.78, 5) is 0. The minimum Gasteiger partial charge on any atom is -0.389 e. The Morgan fingerprint density at radius 3 is 2.58 bits per heavy atom. The second kappa shape index (κ2) is 3.06. The maximum absolute atomic E-state index is 9.97.